The highest BCUT2D eigenvalue weighted by atomic mass is 32.2. The Labute approximate surface area is 241 Å². The lowest BCUT2D eigenvalue weighted by molar-refractivity contribution is 0.0381. The van der Waals surface area contributed by atoms with Crippen molar-refractivity contribution in [1.82, 2.24) is 9.88 Å². The van der Waals surface area contributed by atoms with Gasteiger partial charge in [0.15, 0.2) is 0 Å². The molecule has 2 aromatic carbocycles. The highest BCUT2D eigenvalue weighted by Gasteiger charge is 2.23. The number of aromatic amines is 1. The van der Waals surface area contributed by atoms with E-state index in [0.717, 1.165) is 42.5 Å². The van der Waals surface area contributed by atoms with Crippen LogP contribution < -0.4 is 15.0 Å². The van der Waals surface area contributed by atoms with Gasteiger partial charge in [-0.05, 0) is 59.8 Å². The lowest BCUT2D eigenvalue weighted by Crippen LogP contribution is -2.37. The van der Waals surface area contributed by atoms with Gasteiger partial charge in [0, 0.05) is 41.7 Å². The third-order valence-corrected chi connectivity index (χ3v) is 8.31. The number of ether oxygens (including phenoxy) is 2. The number of morpholine rings is 1. The van der Waals surface area contributed by atoms with Gasteiger partial charge in [-0.3, -0.25) is 14.4 Å². The number of nitrogens with zero attached hydrogens (tertiary/aromatic N) is 1. The number of H-pyrrole nitrogens is 1. The third kappa shape index (κ3) is 8.28. The fourth-order valence-electron chi connectivity index (χ4n) is 4.77. The molecule has 2 heterocycles. The van der Waals surface area contributed by atoms with Crippen LogP contribution in [0.1, 0.15) is 43.9 Å². The highest BCUT2D eigenvalue weighted by Crippen LogP contribution is 2.38. The average Bonchev–Trinajstić information content (AvgIpc) is 2.93. The summed E-state index contributed by atoms with van der Waals surface area (Å²) in [6.07, 6.45) is 5.34. The number of hydrogen-bond acceptors (Lipinski definition) is 6. The molecule has 8 nitrogen and oxygen atoms in total. The van der Waals surface area contributed by atoms with E-state index in [1.807, 2.05) is 51.1 Å². The number of benzene rings is 2. The third-order valence-electron chi connectivity index (χ3n) is 6.94. The molecule has 0 aliphatic carbocycles. The van der Waals surface area contributed by atoms with Crippen LogP contribution in [0, 0.1) is 5.82 Å². The van der Waals surface area contributed by atoms with Crippen molar-refractivity contribution >= 4 is 27.9 Å². The van der Waals surface area contributed by atoms with E-state index >= 15 is 0 Å². The van der Waals surface area contributed by atoms with Gasteiger partial charge in [0.1, 0.15) is 11.6 Å². The molecule has 41 heavy (non-hydrogen) atoms. The zero-order valence-electron chi connectivity index (χ0n) is 24.0. The first kappa shape index (κ1) is 30.5. The summed E-state index contributed by atoms with van der Waals surface area (Å²) in [7, 11) is -1.87. The molecular formula is C31H38FN3O5S. The molecule has 2 N–H and O–H groups in total. The van der Waals surface area contributed by atoms with Crippen molar-refractivity contribution in [2.75, 3.05) is 50.4 Å². The second kappa shape index (κ2) is 13.0. The minimum Gasteiger partial charge on any atom is -0.496 e. The van der Waals surface area contributed by atoms with Crippen LogP contribution in [0.3, 0.4) is 0 Å². The number of pyridine rings is 1. The van der Waals surface area contributed by atoms with Crippen molar-refractivity contribution in [3.8, 4) is 16.9 Å². The Hall–Kier alpha value is -3.47. The van der Waals surface area contributed by atoms with E-state index in [9.17, 15) is 17.6 Å². The number of methoxy groups -OCH3 is 1. The Morgan fingerprint density at radius 2 is 1.80 bits per heavy atom. The van der Waals surface area contributed by atoms with Crippen LogP contribution in [-0.4, -0.2) is 64.0 Å². The van der Waals surface area contributed by atoms with Crippen molar-refractivity contribution in [2.24, 2.45) is 0 Å². The molecule has 0 unspecified atom stereocenters. The van der Waals surface area contributed by atoms with Crippen LogP contribution in [0.5, 0.6) is 5.75 Å². The number of nitrogens with one attached hydrogen (secondary N) is 2. The molecule has 0 saturated carbocycles. The predicted octanol–water partition coefficient (Wildman–Crippen LogP) is 5.12. The normalized spacial score (nSPS) is 14.9. The summed E-state index contributed by atoms with van der Waals surface area (Å²) in [6.45, 7) is 9.89. The molecule has 1 saturated heterocycles. The summed E-state index contributed by atoms with van der Waals surface area (Å²) < 4.78 is 52.9. The molecule has 0 bridgehead atoms. The van der Waals surface area contributed by atoms with Gasteiger partial charge in [-0.2, -0.15) is 0 Å². The maximum atomic E-state index is 14.0. The molecule has 220 valence electrons. The molecule has 1 aliphatic heterocycles. The molecule has 1 fully saturated rings. The maximum Gasteiger partial charge on any atom is 0.256 e. The molecule has 10 heteroatoms. The Bertz CT molecular complexity index is 1540. The van der Waals surface area contributed by atoms with E-state index in [4.69, 9.17) is 9.47 Å². The Balaban J connectivity index is 1.52. The SMILES string of the molecule is COc1c(C=Cc2ccc(NS(=O)(=O)CCCN3CCOCC3)cc2)cc(-c2cc(F)c[nH]c2=O)cc1C(C)(C)C. The van der Waals surface area contributed by atoms with E-state index < -0.39 is 15.8 Å². The van der Waals surface area contributed by atoms with Crippen molar-refractivity contribution < 1.29 is 22.3 Å². The van der Waals surface area contributed by atoms with Gasteiger partial charge in [0.2, 0.25) is 10.0 Å². The number of halogens is 1. The molecule has 4 rings (SSSR count). The summed E-state index contributed by atoms with van der Waals surface area (Å²) in [5.41, 5.74) is 3.05. The number of anilines is 1. The number of aromatic nitrogens is 1. The fourth-order valence-corrected chi connectivity index (χ4v) is 5.88. The lowest BCUT2D eigenvalue weighted by Gasteiger charge is -2.26. The minimum atomic E-state index is -3.47. The van der Waals surface area contributed by atoms with Gasteiger partial charge < -0.3 is 14.5 Å². The zero-order valence-corrected chi connectivity index (χ0v) is 24.8. The standard InChI is InChI=1S/C31H38FN3O5S/c1-31(2,3)28-19-24(27-20-25(32)21-33-30(27)36)18-23(29(28)39-4)9-6-22-7-10-26(11-8-22)34-41(37,38)17-5-12-35-13-15-40-16-14-35/h6-11,18-21,34H,5,12-17H2,1-4H3,(H,33,36). The molecule has 0 amide bonds. The Morgan fingerprint density at radius 1 is 1.10 bits per heavy atom. The maximum absolute atomic E-state index is 14.0. The first-order chi connectivity index (χ1) is 19.4. The molecule has 1 aliphatic rings. The summed E-state index contributed by atoms with van der Waals surface area (Å²) >= 11 is 0. The minimum absolute atomic E-state index is 0.0480. The van der Waals surface area contributed by atoms with Crippen LogP contribution in [-0.2, 0) is 20.2 Å². The predicted molar refractivity (Wildman–Crippen MR) is 162 cm³/mol. The quantitative estimate of drug-likeness (QED) is 0.322. The van der Waals surface area contributed by atoms with Crippen LogP contribution in [0.4, 0.5) is 10.1 Å². The Morgan fingerprint density at radius 3 is 2.46 bits per heavy atom. The van der Waals surface area contributed by atoms with Crippen molar-refractivity contribution in [3.05, 3.63) is 81.5 Å². The molecule has 3 aromatic rings. The summed E-state index contributed by atoms with van der Waals surface area (Å²) in [5, 5.41) is 0. The first-order valence-corrected chi connectivity index (χ1v) is 15.3. The molecule has 1 aromatic heterocycles. The fraction of sp³-hybridized carbons (Fsp3) is 0.387. The van der Waals surface area contributed by atoms with E-state index in [2.05, 4.69) is 14.6 Å². The molecule has 0 radical (unpaired) electrons. The second-order valence-corrected chi connectivity index (χ2v) is 13.0. The topological polar surface area (TPSA) is 101 Å². The van der Waals surface area contributed by atoms with Gasteiger partial charge in [0.05, 0.1) is 26.1 Å². The summed E-state index contributed by atoms with van der Waals surface area (Å²) in [5.74, 6) is 0.177. The number of rotatable bonds is 10. The van der Waals surface area contributed by atoms with Crippen LogP contribution >= 0.6 is 0 Å². The number of sulfonamides is 1. The highest BCUT2D eigenvalue weighted by molar-refractivity contribution is 7.92. The van der Waals surface area contributed by atoms with Gasteiger partial charge >= 0.3 is 0 Å². The van der Waals surface area contributed by atoms with E-state index in [1.54, 1.807) is 25.3 Å². The van der Waals surface area contributed by atoms with Crippen LogP contribution in [0.2, 0.25) is 0 Å². The molecular weight excluding hydrogens is 545 g/mol. The van der Waals surface area contributed by atoms with Crippen LogP contribution in [0.15, 0.2) is 53.5 Å². The van der Waals surface area contributed by atoms with Gasteiger partial charge in [0.25, 0.3) is 5.56 Å². The largest absolute Gasteiger partial charge is 0.496 e. The first-order valence-electron chi connectivity index (χ1n) is 13.6. The van der Waals surface area contributed by atoms with Gasteiger partial charge in [-0.25, -0.2) is 12.8 Å². The van der Waals surface area contributed by atoms with Crippen LogP contribution in [0.25, 0.3) is 23.3 Å². The molecule has 0 atom stereocenters. The summed E-state index contributed by atoms with van der Waals surface area (Å²) in [4.78, 5) is 17.2. The van der Waals surface area contributed by atoms with E-state index in [0.29, 0.717) is 36.6 Å². The second-order valence-electron chi connectivity index (χ2n) is 11.1. The summed E-state index contributed by atoms with van der Waals surface area (Å²) in [6, 6.07) is 12.0. The monoisotopic (exact) mass is 583 g/mol. The van der Waals surface area contributed by atoms with Gasteiger partial charge in [-0.15, -0.1) is 0 Å². The molecule has 0 spiro atoms. The van der Waals surface area contributed by atoms with E-state index in [-0.39, 0.29) is 22.3 Å². The lowest BCUT2D eigenvalue weighted by atomic mass is 9.83. The number of hydrogen-bond donors (Lipinski definition) is 2. The van der Waals surface area contributed by atoms with Crippen molar-refractivity contribution in [3.63, 3.8) is 0 Å². The smallest absolute Gasteiger partial charge is 0.256 e. The Kier molecular flexibility index (Phi) is 9.68. The van der Waals surface area contributed by atoms with E-state index in [1.165, 1.54) is 6.07 Å². The van der Waals surface area contributed by atoms with Gasteiger partial charge in [-0.1, -0.05) is 45.1 Å². The van der Waals surface area contributed by atoms with Crippen molar-refractivity contribution in [2.45, 2.75) is 32.6 Å². The zero-order chi connectivity index (χ0) is 29.6. The average molecular weight is 584 g/mol. The van der Waals surface area contributed by atoms with Crippen molar-refractivity contribution in [1.29, 1.82) is 0 Å².